The summed E-state index contributed by atoms with van der Waals surface area (Å²) in [5.41, 5.74) is 2.02. The van der Waals surface area contributed by atoms with Crippen molar-refractivity contribution in [3.63, 3.8) is 0 Å². The van der Waals surface area contributed by atoms with Crippen molar-refractivity contribution in [3.8, 4) is 0 Å². The summed E-state index contributed by atoms with van der Waals surface area (Å²) in [6, 6.07) is 8.37. The molecule has 1 heterocycles. The van der Waals surface area contributed by atoms with Gasteiger partial charge in [0.25, 0.3) is 5.91 Å². The van der Waals surface area contributed by atoms with Crippen LogP contribution in [0.15, 0.2) is 24.3 Å². The zero-order chi connectivity index (χ0) is 20.2. The molecule has 0 radical (unpaired) electrons. The van der Waals surface area contributed by atoms with Crippen LogP contribution >= 0.6 is 0 Å². The van der Waals surface area contributed by atoms with E-state index in [9.17, 15) is 4.79 Å². The van der Waals surface area contributed by atoms with Gasteiger partial charge in [-0.15, -0.1) is 0 Å². The minimum atomic E-state index is 0.0326. The molecular formula is C23H39N3O. The second kappa shape index (κ2) is 8.64. The zero-order valence-electron chi connectivity index (χ0n) is 18.4. The van der Waals surface area contributed by atoms with Crippen LogP contribution in [0, 0.1) is 0 Å². The van der Waals surface area contributed by atoms with Gasteiger partial charge in [-0.1, -0.05) is 13.3 Å². The first-order valence-electron chi connectivity index (χ1n) is 10.5. The molecule has 4 heteroatoms. The van der Waals surface area contributed by atoms with E-state index < -0.39 is 0 Å². The van der Waals surface area contributed by atoms with Gasteiger partial charge in [0.2, 0.25) is 0 Å². The highest BCUT2D eigenvalue weighted by molar-refractivity contribution is 5.94. The van der Waals surface area contributed by atoms with Gasteiger partial charge in [0.05, 0.1) is 0 Å². The fourth-order valence-corrected chi connectivity index (χ4v) is 4.47. The molecule has 0 unspecified atom stereocenters. The number of carbonyl (C=O) groups excluding carboxylic acids is 1. The molecule has 0 spiro atoms. The van der Waals surface area contributed by atoms with Crippen molar-refractivity contribution in [1.82, 2.24) is 10.2 Å². The fourth-order valence-electron chi connectivity index (χ4n) is 4.47. The smallest absolute Gasteiger partial charge is 0.254 e. The average Bonchev–Trinajstić information content (AvgIpc) is 2.58. The number of carbonyl (C=O) groups is 1. The van der Waals surface area contributed by atoms with E-state index in [1.165, 1.54) is 0 Å². The molecule has 2 rings (SSSR count). The number of anilines is 1. The van der Waals surface area contributed by atoms with Gasteiger partial charge in [0.1, 0.15) is 0 Å². The number of unbranched alkanes of at least 4 members (excludes halogenated alkanes) is 1. The monoisotopic (exact) mass is 373 g/mol. The minimum Gasteiger partial charge on any atom is -0.375 e. The van der Waals surface area contributed by atoms with Crippen molar-refractivity contribution in [3.05, 3.63) is 29.8 Å². The van der Waals surface area contributed by atoms with Gasteiger partial charge >= 0.3 is 0 Å². The van der Waals surface area contributed by atoms with E-state index >= 15 is 0 Å². The average molecular weight is 374 g/mol. The van der Waals surface area contributed by atoms with E-state index in [0.717, 1.165) is 50.0 Å². The molecule has 0 bridgehead atoms. The van der Waals surface area contributed by atoms with Crippen molar-refractivity contribution < 1.29 is 4.79 Å². The van der Waals surface area contributed by atoms with Crippen molar-refractivity contribution in [2.75, 3.05) is 25.0 Å². The molecule has 1 N–H and O–H groups in total. The molecule has 0 saturated carbocycles. The summed E-state index contributed by atoms with van der Waals surface area (Å²) in [4.78, 5) is 17.7. The van der Waals surface area contributed by atoms with Gasteiger partial charge in [-0.2, -0.15) is 0 Å². The van der Waals surface area contributed by atoms with Gasteiger partial charge in [-0.25, -0.2) is 0 Å². The highest BCUT2D eigenvalue weighted by atomic mass is 16.2. The van der Waals surface area contributed by atoms with E-state index in [1.807, 2.05) is 12.1 Å². The summed E-state index contributed by atoms with van der Waals surface area (Å²) < 4.78 is 0. The first kappa shape index (κ1) is 21.7. The Morgan fingerprint density at radius 2 is 1.63 bits per heavy atom. The number of rotatable bonds is 7. The summed E-state index contributed by atoms with van der Waals surface area (Å²) in [7, 11) is 2.07. The third kappa shape index (κ3) is 5.71. The molecule has 4 nitrogen and oxygen atoms in total. The lowest BCUT2D eigenvalue weighted by molar-refractivity contribution is 0.0442. The first-order valence-corrected chi connectivity index (χ1v) is 10.5. The number of amides is 1. The Labute approximate surface area is 166 Å². The summed E-state index contributed by atoms with van der Waals surface area (Å²) in [6.45, 7) is 15.1. The quantitative estimate of drug-likeness (QED) is 0.753. The third-order valence-corrected chi connectivity index (χ3v) is 5.65. The first-order chi connectivity index (χ1) is 12.6. The highest BCUT2D eigenvalue weighted by Crippen LogP contribution is 2.32. The maximum atomic E-state index is 13.4. The third-order valence-electron chi connectivity index (χ3n) is 5.65. The Morgan fingerprint density at radius 3 is 2.11 bits per heavy atom. The lowest BCUT2D eigenvalue weighted by Crippen LogP contribution is -2.62. The predicted octanol–water partition coefficient (Wildman–Crippen LogP) is 4.69. The Morgan fingerprint density at radius 1 is 1.07 bits per heavy atom. The van der Waals surface area contributed by atoms with Crippen molar-refractivity contribution in [2.24, 2.45) is 0 Å². The molecule has 1 aromatic carbocycles. The van der Waals surface area contributed by atoms with Gasteiger partial charge in [-0.05, 0) is 78.1 Å². The molecular weight excluding hydrogens is 334 g/mol. The normalized spacial score (nSPS) is 18.9. The van der Waals surface area contributed by atoms with E-state index in [1.54, 1.807) is 0 Å². The molecule has 1 fully saturated rings. The van der Waals surface area contributed by atoms with Gasteiger partial charge in [0, 0.05) is 48.5 Å². The van der Waals surface area contributed by atoms with Gasteiger partial charge in [-0.3, -0.25) is 4.79 Å². The number of hydrogen-bond acceptors (Lipinski definition) is 3. The Kier molecular flexibility index (Phi) is 6.96. The van der Waals surface area contributed by atoms with Crippen LogP contribution in [-0.2, 0) is 0 Å². The van der Waals surface area contributed by atoms with Crippen LogP contribution in [0.4, 0.5) is 5.69 Å². The van der Waals surface area contributed by atoms with Crippen LogP contribution in [0.3, 0.4) is 0 Å². The zero-order valence-corrected chi connectivity index (χ0v) is 18.4. The Hall–Kier alpha value is -1.55. The van der Waals surface area contributed by atoms with Crippen LogP contribution in [0.5, 0.6) is 0 Å². The van der Waals surface area contributed by atoms with Crippen LogP contribution in [0.2, 0.25) is 0 Å². The Balaban J connectivity index is 2.25. The van der Waals surface area contributed by atoms with Crippen molar-refractivity contribution >= 4 is 11.6 Å². The number of hydrogen-bond donors (Lipinski definition) is 1. The maximum absolute atomic E-state index is 13.4. The fraction of sp³-hybridized carbons (Fsp3) is 0.696. The van der Waals surface area contributed by atoms with Gasteiger partial charge < -0.3 is 15.1 Å². The molecule has 27 heavy (non-hydrogen) atoms. The molecule has 1 aromatic rings. The largest absolute Gasteiger partial charge is 0.375 e. The minimum absolute atomic E-state index is 0.0326. The summed E-state index contributed by atoms with van der Waals surface area (Å²) in [5.74, 6) is 0.174. The molecule has 1 aliphatic rings. The second-order valence-corrected chi connectivity index (χ2v) is 9.37. The summed E-state index contributed by atoms with van der Waals surface area (Å²) in [6.07, 6.45) is 4.13. The molecule has 0 aliphatic carbocycles. The number of piperidine rings is 1. The molecule has 1 aliphatic heterocycles. The topological polar surface area (TPSA) is 35.6 Å². The van der Waals surface area contributed by atoms with E-state index in [-0.39, 0.29) is 23.0 Å². The van der Waals surface area contributed by atoms with Crippen LogP contribution in [0.25, 0.3) is 0 Å². The lowest BCUT2D eigenvalue weighted by atomic mass is 9.78. The maximum Gasteiger partial charge on any atom is 0.254 e. The summed E-state index contributed by atoms with van der Waals surface area (Å²) in [5, 5.41) is 3.73. The summed E-state index contributed by atoms with van der Waals surface area (Å²) >= 11 is 0. The lowest BCUT2D eigenvalue weighted by Gasteiger charge is -2.49. The van der Waals surface area contributed by atoms with Crippen molar-refractivity contribution in [1.29, 1.82) is 0 Å². The van der Waals surface area contributed by atoms with Crippen LogP contribution in [-0.4, -0.2) is 48.1 Å². The van der Waals surface area contributed by atoms with E-state index in [2.05, 4.69) is 75.8 Å². The second-order valence-electron chi connectivity index (χ2n) is 9.37. The molecule has 0 aromatic heterocycles. The number of nitrogens with zero attached hydrogens (tertiary/aromatic N) is 2. The number of benzene rings is 1. The van der Waals surface area contributed by atoms with Gasteiger partial charge in [0.15, 0.2) is 0 Å². The predicted molar refractivity (Wildman–Crippen MR) is 116 cm³/mol. The SMILES string of the molecule is CCCCN(C(=O)c1ccc(N(C)CC)cc1)C1CC(C)(C)NC(C)(C)C1. The molecule has 0 atom stereocenters. The highest BCUT2D eigenvalue weighted by Gasteiger charge is 2.41. The van der Waals surface area contributed by atoms with Crippen LogP contribution < -0.4 is 10.2 Å². The molecule has 152 valence electrons. The molecule has 1 amide bonds. The standard InChI is InChI=1S/C23H39N3O/c1-8-10-15-26(20-16-22(3,4)24-23(5,6)17-20)21(27)18-11-13-19(14-12-18)25(7)9-2/h11-14,20,24H,8-10,15-17H2,1-7H3. The number of nitrogens with one attached hydrogen (secondary N) is 1. The molecule has 1 saturated heterocycles. The van der Waals surface area contributed by atoms with Crippen LogP contribution in [0.1, 0.15) is 77.6 Å². The Bertz CT molecular complexity index is 605. The van der Waals surface area contributed by atoms with E-state index in [4.69, 9.17) is 0 Å². The van der Waals surface area contributed by atoms with Crippen molar-refractivity contribution in [2.45, 2.75) is 84.3 Å². The van der Waals surface area contributed by atoms with E-state index in [0.29, 0.717) is 0 Å².